The second kappa shape index (κ2) is 12.5. The molecule has 0 aliphatic carbocycles. The van der Waals surface area contributed by atoms with Gasteiger partial charge >= 0.3 is 0 Å². The molecule has 1 aromatic heterocycles. The van der Waals surface area contributed by atoms with Crippen molar-refractivity contribution in [3.63, 3.8) is 0 Å². The van der Waals surface area contributed by atoms with Crippen LogP contribution in [-0.2, 0) is 4.57 Å². The van der Waals surface area contributed by atoms with Crippen LogP contribution >= 0.6 is 7.82 Å². The molecule has 186 valence electrons. The summed E-state index contributed by atoms with van der Waals surface area (Å²) in [6.07, 6.45) is 3.77. The van der Waals surface area contributed by atoms with Crippen LogP contribution < -0.4 is 35.0 Å². The number of hydrogen-bond donors (Lipinski definition) is 3. The van der Waals surface area contributed by atoms with Crippen LogP contribution in [0.25, 0.3) is 10.9 Å². The first kappa shape index (κ1) is 27.4. The Morgan fingerprint density at radius 2 is 1.76 bits per heavy atom. The average molecular weight is 491 g/mol. The summed E-state index contributed by atoms with van der Waals surface area (Å²) in [5.74, 6) is 2.78. The molecule has 0 bridgehead atoms. The SMILES string of the molecule is COc1ccc(Oc2c(OC)cc(NC(C)CCCN)c3nccc(C)c23)cc1.O=P([O-])([O-])O. The largest absolute Gasteiger partial charge is 0.790 e. The lowest BCUT2D eigenvalue weighted by Crippen LogP contribution is -2.17. The lowest BCUT2D eigenvalue weighted by molar-refractivity contribution is -0.337. The molecule has 1 heterocycles. The van der Waals surface area contributed by atoms with Crippen LogP contribution in [-0.4, -0.2) is 36.7 Å². The molecule has 34 heavy (non-hydrogen) atoms. The van der Waals surface area contributed by atoms with Gasteiger partial charge in [-0.25, -0.2) is 0 Å². The molecule has 2 aromatic carbocycles. The summed E-state index contributed by atoms with van der Waals surface area (Å²) in [7, 11) is -1.85. The minimum absolute atomic E-state index is 0.266. The molecule has 0 aliphatic rings. The smallest absolute Gasteiger partial charge is 0.179 e. The van der Waals surface area contributed by atoms with E-state index in [1.54, 1.807) is 14.2 Å². The van der Waals surface area contributed by atoms with Gasteiger partial charge in [-0.1, -0.05) is 0 Å². The zero-order valence-corrected chi connectivity index (χ0v) is 20.5. The maximum atomic E-state index is 8.66. The fraction of sp³-hybridized carbons (Fsp3) is 0.348. The van der Waals surface area contributed by atoms with Gasteiger partial charge < -0.3 is 44.5 Å². The first-order valence-corrected chi connectivity index (χ1v) is 12.1. The van der Waals surface area contributed by atoms with Gasteiger partial charge in [0, 0.05) is 18.3 Å². The molecule has 0 radical (unpaired) electrons. The molecule has 3 aromatic rings. The summed E-state index contributed by atoms with van der Waals surface area (Å²) < 4.78 is 25.8. The quantitative estimate of drug-likeness (QED) is 0.379. The minimum atomic E-state index is -5.14. The predicted octanol–water partition coefficient (Wildman–Crippen LogP) is 2.70. The molecular formula is C23H30N3O7P-2. The first-order chi connectivity index (χ1) is 16.1. The Kier molecular flexibility index (Phi) is 10.1. The molecule has 11 heteroatoms. The number of nitrogens with zero attached hydrogens (tertiary/aromatic N) is 1. The van der Waals surface area contributed by atoms with E-state index in [0.29, 0.717) is 23.8 Å². The molecule has 0 saturated carbocycles. The minimum Gasteiger partial charge on any atom is -0.790 e. The van der Waals surface area contributed by atoms with Gasteiger partial charge in [-0.3, -0.25) is 4.98 Å². The van der Waals surface area contributed by atoms with E-state index in [1.165, 1.54) is 0 Å². The van der Waals surface area contributed by atoms with Crippen LogP contribution in [0.5, 0.6) is 23.0 Å². The van der Waals surface area contributed by atoms with E-state index in [9.17, 15) is 0 Å². The maximum absolute atomic E-state index is 8.66. The number of fused-ring (bicyclic) bond motifs is 1. The molecule has 0 amide bonds. The molecule has 0 fully saturated rings. The highest BCUT2D eigenvalue weighted by Gasteiger charge is 2.19. The zero-order chi connectivity index (χ0) is 25.3. The number of benzene rings is 2. The van der Waals surface area contributed by atoms with Crippen LogP contribution in [0, 0.1) is 6.92 Å². The van der Waals surface area contributed by atoms with Crippen LogP contribution in [0.3, 0.4) is 0 Å². The Morgan fingerprint density at radius 3 is 2.32 bits per heavy atom. The van der Waals surface area contributed by atoms with Crippen molar-refractivity contribution in [3.05, 3.63) is 48.2 Å². The summed E-state index contributed by atoms with van der Waals surface area (Å²) >= 11 is 0. The van der Waals surface area contributed by atoms with Crippen LogP contribution in [0.1, 0.15) is 25.3 Å². The summed E-state index contributed by atoms with van der Waals surface area (Å²) in [6, 6.07) is 11.7. The van der Waals surface area contributed by atoms with Crippen molar-refractivity contribution in [3.8, 4) is 23.0 Å². The Balaban J connectivity index is 0.000000739. The highest BCUT2D eigenvalue weighted by atomic mass is 31.2. The number of methoxy groups -OCH3 is 2. The van der Waals surface area contributed by atoms with Crippen molar-refractivity contribution in [1.82, 2.24) is 4.98 Å². The average Bonchev–Trinajstić information content (AvgIpc) is 2.78. The fourth-order valence-corrected chi connectivity index (χ4v) is 3.32. The Morgan fingerprint density at radius 1 is 1.15 bits per heavy atom. The Hall–Kier alpha value is -2.88. The molecule has 0 saturated heterocycles. The molecule has 1 unspecified atom stereocenters. The summed E-state index contributed by atoms with van der Waals surface area (Å²) in [5.41, 5.74) is 8.50. The predicted molar refractivity (Wildman–Crippen MR) is 127 cm³/mol. The number of anilines is 1. The van der Waals surface area contributed by atoms with Crippen molar-refractivity contribution in [2.24, 2.45) is 5.73 Å². The Labute approximate surface area is 198 Å². The third kappa shape index (κ3) is 8.16. The molecule has 0 spiro atoms. The topological polar surface area (TPSA) is 162 Å². The molecule has 0 aliphatic heterocycles. The molecule has 1 atom stereocenters. The van der Waals surface area contributed by atoms with E-state index in [-0.39, 0.29) is 6.04 Å². The zero-order valence-electron chi connectivity index (χ0n) is 19.6. The van der Waals surface area contributed by atoms with Crippen molar-refractivity contribution >= 4 is 24.4 Å². The number of aromatic nitrogens is 1. The van der Waals surface area contributed by atoms with E-state index in [1.807, 2.05) is 49.5 Å². The number of nitrogens with two attached hydrogens (primary N) is 1. The molecule has 4 N–H and O–H groups in total. The first-order valence-electron chi connectivity index (χ1n) is 10.6. The second-order valence-corrected chi connectivity index (χ2v) is 8.47. The van der Waals surface area contributed by atoms with E-state index in [2.05, 4.69) is 17.2 Å². The van der Waals surface area contributed by atoms with Crippen molar-refractivity contribution in [2.45, 2.75) is 32.7 Å². The third-order valence-corrected chi connectivity index (χ3v) is 4.88. The number of rotatable bonds is 9. The standard InChI is InChI=1S/C23H29N3O3.H3O4P/c1-15-11-13-25-22-19(26-16(2)6-5-12-24)14-20(28-4)23(21(15)22)29-18-9-7-17(27-3)8-10-18;1-5(2,3)4/h7-11,13-14,16,26H,5-6,12,24H2,1-4H3;(H3,1,2,3,4)/p-2. The monoisotopic (exact) mass is 491 g/mol. The van der Waals surface area contributed by atoms with Gasteiger partial charge in [0.05, 0.1) is 38.6 Å². The summed E-state index contributed by atoms with van der Waals surface area (Å²) in [5, 5.41) is 4.48. The number of hydrogen-bond acceptors (Lipinski definition) is 9. The number of pyridine rings is 1. The molecular weight excluding hydrogens is 461 g/mol. The van der Waals surface area contributed by atoms with Gasteiger partial charge in [-0.15, -0.1) is 0 Å². The van der Waals surface area contributed by atoms with E-state index < -0.39 is 7.82 Å². The van der Waals surface area contributed by atoms with Gasteiger partial charge in [0.25, 0.3) is 0 Å². The number of ether oxygens (including phenoxy) is 3. The highest BCUT2D eigenvalue weighted by Crippen LogP contribution is 2.43. The van der Waals surface area contributed by atoms with Crippen LogP contribution in [0.4, 0.5) is 5.69 Å². The van der Waals surface area contributed by atoms with E-state index in [4.69, 9.17) is 39.2 Å². The lowest BCUT2D eigenvalue weighted by Gasteiger charge is -2.20. The van der Waals surface area contributed by atoms with Crippen molar-refractivity contribution in [2.75, 3.05) is 26.1 Å². The number of aryl methyl sites for hydroxylation is 1. The van der Waals surface area contributed by atoms with Crippen molar-refractivity contribution < 1.29 is 33.5 Å². The highest BCUT2D eigenvalue weighted by molar-refractivity contribution is 7.42. The van der Waals surface area contributed by atoms with Gasteiger partial charge in [-0.05, 0) is 69.1 Å². The van der Waals surface area contributed by atoms with E-state index in [0.717, 1.165) is 40.7 Å². The normalized spacial score (nSPS) is 11.9. The van der Waals surface area contributed by atoms with Crippen LogP contribution in [0.2, 0.25) is 0 Å². The molecule has 10 nitrogen and oxygen atoms in total. The summed E-state index contributed by atoms with van der Waals surface area (Å²) in [6.45, 7) is 4.87. The lowest BCUT2D eigenvalue weighted by atomic mass is 10.1. The van der Waals surface area contributed by atoms with Crippen LogP contribution in [0.15, 0.2) is 42.6 Å². The second-order valence-electron chi connectivity index (χ2n) is 7.53. The fourth-order valence-electron chi connectivity index (χ4n) is 3.32. The number of phosphoric acid groups is 1. The van der Waals surface area contributed by atoms with E-state index >= 15 is 0 Å². The molecule has 3 rings (SSSR count). The Bertz CT molecular complexity index is 1110. The van der Waals surface area contributed by atoms with Gasteiger partial charge in [0.1, 0.15) is 11.5 Å². The van der Waals surface area contributed by atoms with Gasteiger partial charge in [0.15, 0.2) is 11.5 Å². The maximum Gasteiger partial charge on any atom is 0.179 e. The van der Waals surface area contributed by atoms with Crippen molar-refractivity contribution in [1.29, 1.82) is 0 Å². The van der Waals surface area contributed by atoms with Gasteiger partial charge in [0.2, 0.25) is 0 Å². The van der Waals surface area contributed by atoms with Gasteiger partial charge in [-0.2, -0.15) is 0 Å². The summed E-state index contributed by atoms with van der Waals surface area (Å²) in [4.78, 5) is 28.9. The number of nitrogens with one attached hydrogen (secondary N) is 1. The third-order valence-electron chi connectivity index (χ3n) is 4.88.